The molecule has 27 heavy (non-hydrogen) atoms. The van der Waals surface area contributed by atoms with E-state index in [1.165, 1.54) is 19.2 Å². The summed E-state index contributed by atoms with van der Waals surface area (Å²) in [5.41, 5.74) is 1.15. The third-order valence-corrected chi connectivity index (χ3v) is 3.65. The first-order valence-corrected chi connectivity index (χ1v) is 8.58. The number of nitrogens with one attached hydrogen (secondary N) is 2. The maximum atomic E-state index is 13.6. The van der Waals surface area contributed by atoms with Gasteiger partial charge < -0.3 is 20.1 Å². The molecule has 0 saturated heterocycles. The van der Waals surface area contributed by atoms with Gasteiger partial charge >= 0.3 is 12.0 Å². The number of hydrogen-bond acceptors (Lipinski definition) is 4. The molecule has 2 amide bonds. The Morgan fingerprint density at radius 3 is 2.56 bits per heavy atom. The Bertz CT molecular complexity index is 808. The molecule has 2 N–H and O–H groups in total. The third-order valence-electron chi connectivity index (χ3n) is 3.65. The van der Waals surface area contributed by atoms with Crippen LogP contribution in [-0.2, 0) is 11.2 Å². The van der Waals surface area contributed by atoms with Gasteiger partial charge in [0.25, 0.3) is 0 Å². The summed E-state index contributed by atoms with van der Waals surface area (Å²) in [6.07, 6.45) is 0.246. The molecule has 0 radical (unpaired) electrons. The number of carbonyl (C=O) groups excluding carboxylic acids is 2. The molecule has 2 rings (SSSR count). The number of ether oxygens (including phenoxy) is 2. The van der Waals surface area contributed by atoms with Gasteiger partial charge in [-0.2, -0.15) is 0 Å². The summed E-state index contributed by atoms with van der Waals surface area (Å²) in [6, 6.07) is 10.6. The maximum absolute atomic E-state index is 13.6. The topological polar surface area (TPSA) is 76.7 Å². The third kappa shape index (κ3) is 5.99. The minimum atomic E-state index is -0.519. The highest BCUT2D eigenvalue weighted by molar-refractivity contribution is 5.95. The zero-order valence-electron chi connectivity index (χ0n) is 15.5. The van der Waals surface area contributed by atoms with Crippen LogP contribution in [0.2, 0.25) is 0 Å². The molecule has 0 spiro atoms. The zero-order valence-corrected chi connectivity index (χ0v) is 15.5. The summed E-state index contributed by atoms with van der Waals surface area (Å²) < 4.78 is 24.0. The lowest BCUT2D eigenvalue weighted by atomic mass is 10.1. The lowest BCUT2D eigenvalue weighted by Crippen LogP contribution is -2.31. The smallest absolute Gasteiger partial charge is 0.337 e. The molecule has 0 aliphatic carbocycles. The van der Waals surface area contributed by atoms with E-state index in [1.807, 2.05) is 13.8 Å². The number of amides is 2. The molecular weight excluding hydrogens is 351 g/mol. The van der Waals surface area contributed by atoms with Gasteiger partial charge in [-0.1, -0.05) is 18.2 Å². The number of methoxy groups -OCH3 is 1. The molecular formula is C20H23FN2O4. The standard InChI is InChI=1S/C20H23FN2O4/c1-13(2)27-18-9-8-15(19(24)26-3)12-17(18)23-20(25)22-11-10-14-6-4-5-7-16(14)21/h4-9,12-13H,10-11H2,1-3H3,(H2,22,23,25). The van der Waals surface area contributed by atoms with Gasteiger partial charge in [0.1, 0.15) is 11.6 Å². The number of halogens is 1. The lowest BCUT2D eigenvalue weighted by molar-refractivity contribution is 0.0600. The molecule has 144 valence electrons. The van der Waals surface area contributed by atoms with Crippen LogP contribution >= 0.6 is 0 Å². The van der Waals surface area contributed by atoms with Crippen LogP contribution in [0.5, 0.6) is 5.75 Å². The van der Waals surface area contributed by atoms with Crippen LogP contribution in [-0.4, -0.2) is 31.8 Å². The number of carbonyl (C=O) groups is 2. The van der Waals surface area contributed by atoms with Crippen molar-refractivity contribution in [1.82, 2.24) is 5.32 Å². The minimum Gasteiger partial charge on any atom is -0.489 e. The first kappa shape index (κ1) is 20.2. The molecule has 7 heteroatoms. The van der Waals surface area contributed by atoms with Crippen molar-refractivity contribution in [2.24, 2.45) is 0 Å². The normalized spacial score (nSPS) is 10.4. The lowest BCUT2D eigenvalue weighted by Gasteiger charge is -2.16. The fraction of sp³-hybridized carbons (Fsp3) is 0.300. The average Bonchev–Trinajstić information content (AvgIpc) is 2.63. The second-order valence-electron chi connectivity index (χ2n) is 6.09. The van der Waals surface area contributed by atoms with Crippen LogP contribution in [0, 0.1) is 5.82 Å². The number of benzene rings is 2. The van der Waals surface area contributed by atoms with Crippen LogP contribution in [0.1, 0.15) is 29.8 Å². The van der Waals surface area contributed by atoms with Crippen molar-refractivity contribution in [3.63, 3.8) is 0 Å². The minimum absolute atomic E-state index is 0.112. The summed E-state index contributed by atoms with van der Waals surface area (Å²) in [4.78, 5) is 23.9. The van der Waals surface area contributed by atoms with E-state index in [9.17, 15) is 14.0 Å². The average molecular weight is 374 g/mol. The molecule has 0 aromatic heterocycles. The molecule has 2 aromatic rings. The number of esters is 1. The van der Waals surface area contributed by atoms with Crippen LogP contribution in [0.3, 0.4) is 0 Å². The summed E-state index contributed by atoms with van der Waals surface area (Å²) in [6.45, 7) is 3.96. The quantitative estimate of drug-likeness (QED) is 0.724. The Kier molecular flexibility index (Phi) is 7.16. The molecule has 0 heterocycles. The van der Waals surface area contributed by atoms with Gasteiger partial charge in [-0.3, -0.25) is 0 Å². The van der Waals surface area contributed by atoms with Crippen molar-refractivity contribution < 1.29 is 23.5 Å². The van der Waals surface area contributed by atoms with E-state index in [1.54, 1.807) is 30.3 Å². The van der Waals surface area contributed by atoms with Gasteiger partial charge in [-0.15, -0.1) is 0 Å². The second-order valence-corrected chi connectivity index (χ2v) is 6.09. The number of rotatable bonds is 7. The van der Waals surface area contributed by atoms with Gasteiger partial charge in [-0.25, -0.2) is 14.0 Å². The SMILES string of the molecule is COC(=O)c1ccc(OC(C)C)c(NC(=O)NCCc2ccccc2F)c1. The van der Waals surface area contributed by atoms with Crippen LogP contribution in [0.25, 0.3) is 0 Å². The fourth-order valence-corrected chi connectivity index (χ4v) is 2.41. The van der Waals surface area contributed by atoms with E-state index in [4.69, 9.17) is 9.47 Å². The van der Waals surface area contributed by atoms with E-state index >= 15 is 0 Å². The van der Waals surface area contributed by atoms with Gasteiger partial charge in [0.2, 0.25) is 0 Å². The van der Waals surface area contributed by atoms with Crippen molar-refractivity contribution in [1.29, 1.82) is 0 Å². The van der Waals surface area contributed by atoms with E-state index in [0.29, 0.717) is 23.4 Å². The Hall–Kier alpha value is -3.09. The van der Waals surface area contributed by atoms with Gasteiger partial charge in [0.15, 0.2) is 0 Å². The zero-order chi connectivity index (χ0) is 19.8. The van der Waals surface area contributed by atoms with Crippen molar-refractivity contribution in [2.45, 2.75) is 26.4 Å². The Labute approximate surface area is 157 Å². The monoisotopic (exact) mass is 374 g/mol. The predicted molar refractivity (Wildman–Crippen MR) is 101 cm³/mol. The van der Waals surface area contributed by atoms with Crippen LogP contribution in [0.15, 0.2) is 42.5 Å². The number of urea groups is 1. The second kappa shape index (κ2) is 9.56. The summed E-state index contributed by atoms with van der Waals surface area (Å²) in [5, 5.41) is 5.32. The first-order valence-electron chi connectivity index (χ1n) is 8.58. The van der Waals surface area contributed by atoms with Gasteiger partial charge in [0.05, 0.1) is 24.5 Å². The highest BCUT2D eigenvalue weighted by atomic mass is 19.1. The van der Waals surface area contributed by atoms with Crippen molar-refractivity contribution >= 4 is 17.7 Å². The van der Waals surface area contributed by atoms with E-state index in [0.717, 1.165) is 0 Å². The Morgan fingerprint density at radius 1 is 1.15 bits per heavy atom. The molecule has 0 bridgehead atoms. The largest absolute Gasteiger partial charge is 0.489 e. The van der Waals surface area contributed by atoms with E-state index < -0.39 is 12.0 Å². The summed E-state index contributed by atoms with van der Waals surface area (Å²) in [7, 11) is 1.28. The maximum Gasteiger partial charge on any atom is 0.337 e. The first-order chi connectivity index (χ1) is 12.9. The summed E-state index contributed by atoms with van der Waals surface area (Å²) >= 11 is 0. The molecule has 0 fully saturated rings. The molecule has 6 nitrogen and oxygen atoms in total. The molecule has 0 atom stereocenters. The van der Waals surface area contributed by atoms with Crippen molar-refractivity contribution in [3.8, 4) is 5.75 Å². The molecule has 0 aliphatic heterocycles. The van der Waals surface area contributed by atoms with Gasteiger partial charge in [-0.05, 0) is 50.1 Å². The van der Waals surface area contributed by atoms with Crippen LogP contribution in [0.4, 0.5) is 14.9 Å². The molecule has 2 aromatic carbocycles. The Balaban J connectivity index is 2.03. The predicted octanol–water partition coefficient (Wildman–Crippen LogP) is 3.76. The number of anilines is 1. The Morgan fingerprint density at radius 2 is 1.89 bits per heavy atom. The molecule has 0 aliphatic rings. The van der Waals surface area contributed by atoms with Crippen molar-refractivity contribution in [2.75, 3.05) is 19.0 Å². The van der Waals surface area contributed by atoms with Crippen LogP contribution < -0.4 is 15.4 Å². The summed E-state index contributed by atoms with van der Waals surface area (Å²) in [5.74, 6) is -0.394. The molecule has 0 unspecified atom stereocenters. The highest BCUT2D eigenvalue weighted by Crippen LogP contribution is 2.27. The fourth-order valence-electron chi connectivity index (χ4n) is 2.41. The van der Waals surface area contributed by atoms with E-state index in [2.05, 4.69) is 10.6 Å². The van der Waals surface area contributed by atoms with Gasteiger partial charge in [0, 0.05) is 6.54 Å². The van der Waals surface area contributed by atoms with E-state index in [-0.39, 0.29) is 24.0 Å². The van der Waals surface area contributed by atoms with Crippen molar-refractivity contribution in [3.05, 3.63) is 59.4 Å². The highest BCUT2D eigenvalue weighted by Gasteiger charge is 2.14. The molecule has 0 saturated carbocycles. The number of hydrogen-bond donors (Lipinski definition) is 2.